The number of benzene rings is 5. The number of hydrogen-bond acceptors (Lipinski definition) is 0. The number of rotatable bonds is 3. The van der Waals surface area contributed by atoms with Crippen molar-refractivity contribution < 1.29 is 0 Å². The Balaban J connectivity index is 1.63. The van der Waals surface area contributed by atoms with Crippen molar-refractivity contribution in [3.8, 4) is 44.5 Å². The molecule has 0 spiro atoms. The molecule has 1 aliphatic carbocycles. The predicted octanol–water partition coefficient (Wildman–Crippen LogP) is 7.05. The maximum Gasteiger partial charge on any atom is 0.114 e. The van der Waals surface area contributed by atoms with Crippen LogP contribution in [-0.2, 0) is 6.42 Å². The quantitative estimate of drug-likeness (QED) is 0.277. The zero-order valence-electron chi connectivity index (χ0n) is 17.8. The van der Waals surface area contributed by atoms with Gasteiger partial charge in [-0.05, 0) is 68.1 Å². The molecule has 6 rings (SSSR count). The second kappa shape index (κ2) is 7.69. The van der Waals surface area contributed by atoms with Gasteiger partial charge < -0.3 is 0 Å². The summed E-state index contributed by atoms with van der Waals surface area (Å²) in [7, 11) is 6.76. The van der Waals surface area contributed by atoms with E-state index in [4.69, 9.17) is 7.85 Å². The lowest BCUT2D eigenvalue weighted by molar-refractivity contribution is 1.26. The zero-order chi connectivity index (χ0) is 21.5. The van der Waals surface area contributed by atoms with Gasteiger partial charge in [0.15, 0.2) is 0 Å². The molecule has 1 heteroatoms. The van der Waals surface area contributed by atoms with Gasteiger partial charge in [-0.1, -0.05) is 115 Å². The Bertz CT molecular complexity index is 1430. The Morgan fingerprint density at radius 2 is 1.06 bits per heavy atom. The highest BCUT2D eigenvalue weighted by atomic mass is 14.3. The topological polar surface area (TPSA) is 0 Å². The van der Waals surface area contributed by atoms with Crippen molar-refractivity contribution in [2.45, 2.75) is 6.42 Å². The second-order valence-corrected chi connectivity index (χ2v) is 8.39. The molecular formula is C31H21B. The lowest BCUT2D eigenvalue weighted by Crippen LogP contribution is -2.10. The van der Waals surface area contributed by atoms with E-state index >= 15 is 0 Å². The highest BCUT2D eigenvalue weighted by molar-refractivity contribution is 6.37. The van der Waals surface area contributed by atoms with Crippen molar-refractivity contribution in [2.24, 2.45) is 0 Å². The lowest BCUT2D eigenvalue weighted by atomic mass is 9.79. The largest absolute Gasteiger partial charge is 0.114 e. The highest BCUT2D eigenvalue weighted by Crippen LogP contribution is 2.44. The molecule has 0 saturated carbocycles. The molecule has 0 amide bonds. The zero-order valence-corrected chi connectivity index (χ0v) is 17.8. The number of fused-ring (bicyclic) bond motifs is 3. The van der Waals surface area contributed by atoms with Crippen molar-refractivity contribution in [1.82, 2.24) is 0 Å². The molecule has 5 aromatic rings. The van der Waals surface area contributed by atoms with Crippen molar-refractivity contribution in [3.63, 3.8) is 0 Å². The maximum atomic E-state index is 6.76. The van der Waals surface area contributed by atoms with E-state index in [0.717, 1.165) is 28.6 Å². The summed E-state index contributed by atoms with van der Waals surface area (Å²) in [5.41, 5.74) is 13.3. The van der Waals surface area contributed by atoms with Crippen LogP contribution in [0.25, 0.3) is 44.5 Å². The standard InChI is InChI=1S/C31H21B/c32-30-20-24(21-10-3-1-4-11-21)19-29(31(30)22-12-5-2-6-13-22)27-17-9-16-26-25-15-8-7-14-23(25)18-28(26)27/h1-17,19-20H,18H2. The summed E-state index contributed by atoms with van der Waals surface area (Å²) in [5.74, 6) is 0. The van der Waals surface area contributed by atoms with Gasteiger partial charge in [0, 0.05) is 0 Å². The molecule has 1 aliphatic rings. The van der Waals surface area contributed by atoms with E-state index in [1.165, 1.54) is 38.9 Å². The maximum absolute atomic E-state index is 6.76. The van der Waals surface area contributed by atoms with Crippen LogP contribution in [0.2, 0.25) is 0 Å². The van der Waals surface area contributed by atoms with E-state index in [-0.39, 0.29) is 0 Å². The minimum absolute atomic E-state index is 0.806. The lowest BCUT2D eigenvalue weighted by Gasteiger charge is -2.19. The summed E-state index contributed by atoms with van der Waals surface area (Å²) in [6.07, 6.45) is 0.950. The van der Waals surface area contributed by atoms with Gasteiger partial charge in [0.05, 0.1) is 0 Å². The van der Waals surface area contributed by atoms with E-state index in [1.54, 1.807) is 0 Å². The Morgan fingerprint density at radius 3 is 1.81 bits per heavy atom. The van der Waals surface area contributed by atoms with Crippen molar-refractivity contribution in [3.05, 3.63) is 126 Å². The van der Waals surface area contributed by atoms with Gasteiger partial charge in [-0.3, -0.25) is 0 Å². The summed E-state index contributed by atoms with van der Waals surface area (Å²) < 4.78 is 0. The molecular weight excluding hydrogens is 383 g/mol. The molecule has 0 N–H and O–H groups in total. The first-order chi connectivity index (χ1) is 15.8. The van der Waals surface area contributed by atoms with Crippen LogP contribution in [0.3, 0.4) is 0 Å². The Hall–Kier alpha value is -3.84. The first kappa shape index (κ1) is 18.9. The smallest absolute Gasteiger partial charge is 0.0878 e. The molecule has 2 radical (unpaired) electrons. The molecule has 148 valence electrons. The van der Waals surface area contributed by atoms with Crippen molar-refractivity contribution in [2.75, 3.05) is 0 Å². The van der Waals surface area contributed by atoms with Crippen LogP contribution in [0.1, 0.15) is 11.1 Å². The van der Waals surface area contributed by atoms with Crippen LogP contribution in [0.15, 0.2) is 115 Å². The third kappa shape index (κ3) is 3.10. The molecule has 0 fully saturated rings. The Kier molecular flexibility index (Phi) is 4.54. The van der Waals surface area contributed by atoms with Crippen LogP contribution >= 0.6 is 0 Å². The fourth-order valence-corrected chi connectivity index (χ4v) is 5.01. The molecule has 0 unspecified atom stereocenters. The van der Waals surface area contributed by atoms with Crippen LogP contribution < -0.4 is 5.46 Å². The van der Waals surface area contributed by atoms with Gasteiger partial charge in [0.2, 0.25) is 0 Å². The van der Waals surface area contributed by atoms with Gasteiger partial charge in [-0.15, -0.1) is 0 Å². The molecule has 5 aromatic carbocycles. The third-order valence-electron chi connectivity index (χ3n) is 6.48. The van der Waals surface area contributed by atoms with Crippen molar-refractivity contribution >= 4 is 13.3 Å². The average molecular weight is 404 g/mol. The SMILES string of the molecule is [B]c1cc(-c2ccccc2)cc(-c2cccc3c2Cc2ccccc2-3)c1-c1ccccc1. The summed E-state index contributed by atoms with van der Waals surface area (Å²) in [6, 6.07) is 40.8. The summed E-state index contributed by atoms with van der Waals surface area (Å²) >= 11 is 0. The van der Waals surface area contributed by atoms with Crippen LogP contribution in [0.5, 0.6) is 0 Å². The van der Waals surface area contributed by atoms with E-state index in [1.807, 2.05) is 6.07 Å². The van der Waals surface area contributed by atoms with Crippen LogP contribution in [0.4, 0.5) is 0 Å². The summed E-state index contributed by atoms with van der Waals surface area (Å²) in [5, 5.41) is 0. The van der Waals surface area contributed by atoms with Crippen LogP contribution in [0, 0.1) is 0 Å². The van der Waals surface area contributed by atoms with Gasteiger partial charge in [0.1, 0.15) is 7.85 Å². The van der Waals surface area contributed by atoms with Crippen LogP contribution in [-0.4, -0.2) is 7.85 Å². The minimum Gasteiger partial charge on any atom is -0.0878 e. The molecule has 0 heterocycles. The highest BCUT2D eigenvalue weighted by Gasteiger charge is 2.23. The normalized spacial score (nSPS) is 11.8. The Morgan fingerprint density at radius 1 is 0.469 bits per heavy atom. The monoisotopic (exact) mass is 404 g/mol. The minimum atomic E-state index is 0.806. The van der Waals surface area contributed by atoms with Gasteiger partial charge in [0.25, 0.3) is 0 Å². The molecule has 0 aliphatic heterocycles. The molecule has 0 nitrogen and oxygen atoms in total. The molecule has 0 saturated heterocycles. The van der Waals surface area contributed by atoms with E-state index in [0.29, 0.717) is 0 Å². The second-order valence-electron chi connectivity index (χ2n) is 8.39. The first-order valence-electron chi connectivity index (χ1n) is 11.0. The molecule has 32 heavy (non-hydrogen) atoms. The van der Waals surface area contributed by atoms with E-state index < -0.39 is 0 Å². The van der Waals surface area contributed by atoms with Gasteiger partial charge in [-0.2, -0.15) is 0 Å². The Labute approximate surface area is 190 Å². The summed E-state index contributed by atoms with van der Waals surface area (Å²) in [4.78, 5) is 0. The summed E-state index contributed by atoms with van der Waals surface area (Å²) in [6.45, 7) is 0. The fourth-order valence-electron chi connectivity index (χ4n) is 5.01. The van der Waals surface area contributed by atoms with E-state index in [2.05, 4.69) is 109 Å². The van der Waals surface area contributed by atoms with Gasteiger partial charge in [-0.25, -0.2) is 0 Å². The van der Waals surface area contributed by atoms with Crippen molar-refractivity contribution in [1.29, 1.82) is 0 Å². The molecule has 0 atom stereocenters. The van der Waals surface area contributed by atoms with Gasteiger partial charge >= 0.3 is 0 Å². The van der Waals surface area contributed by atoms with E-state index in [9.17, 15) is 0 Å². The molecule has 0 bridgehead atoms. The number of hydrogen-bond donors (Lipinski definition) is 0. The molecule has 0 aromatic heterocycles. The predicted molar refractivity (Wildman–Crippen MR) is 136 cm³/mol. The average Bonchev–Trinajstić information content (AvgIpc) is 3.23. The first-order valence-corrected chi connectivity index (χ1v) is 11.0. The third-order valence-corrected chi connectivity index (χ3v) is 6.48. The fraction of sp³-hybridized carbons (Fsp3) is 0.0323.